The third kappa shape index (κ3) is 2.76. The smallest absolute Gasteiger partial charge is 0.210 e. The number of carbonyl (C=O) groups is 1. The maximum atomic E-state index is 13.4. The van der Waals surface area contributed by atoms with E-state index in [-0.39, 0.29) is 5.78 Å². The normalized spacial score (nSPS) is 11.0. The molecule has 0 aliphatic carbocycles. The van der Waals surface area contributed by atoms with Gasteiger partial charge in [-0.15, -0.1) is 0 Å². The first-order valence-electron chi connectivity index (χ1n) is 8.42. The summed E-state index contributed by atoms with van der Waals surface area (Å²) in [5, 5.41) is 0. The maximum absolute atomic E-state index is 13.4. The minimum Gasteiger partial charge on any atom is -0.313 e. The number of rotatable bonds is 3. The van der Waals surface area contributed by atoms with E-state index in [4.69, 9.17) is 0 Å². The van der Waals surface area contributed by atoms with Crippen molar-refractivity contribution in [3.05, 3.63) is 101 Å². The van der Waals surface area contributed by atoms with E-state index in [1.54, 1.807) is 0 Å². The van der Waals surface area contributed by atoms with Crippen molar-refractivity contribution in [1.82, 2.24) is 4.40 Å². The highest BCUT2D eigenvalue weighted by Gasteiger charge is 2.20. The molecule has 0 saturated heterocycles. The molecule has 0 bridgehead atoms. The summed E-state index contributed by atoms with van der Waals surface area (Å²) in [4.78, 5) is 13.4. The lowest BCUT2D eigenvalue weighted by Gasteiger charge is -2.08. The van der Waals surface area contributed by atoms with Crippen LogP contribution in [0.15, 0.2) is 79.0 Å². The van der Waals surface area contributed by atoms with Gasteiger partial charge >= 0.3 is 0 Å². The molecule has 0 radical (unpaired) electrons. The summed E-state index contributed by atoms with van der Waals surface area (Å²) in [7, 11) is 0. The van der Waals surface area contributed by atoms with Crippen molar-refractivity contribution >= 4 is 11.3 Å². The number of aryl methyl sites for hydroxylation is 2. The van der Waals surface area contributed by atoms with Crippen LogP contribution in [-0.2, 0) is 0 Å². The number of aromatic nitrogens is 1. The number of ketones is 1. The molecule has 0 spiro atoms. The summed E-state index contributed by atoms with van der Waals surface area (Å²) in [5.74, 6) is 0.0526. The molecular formula is C23H19NO. The van der Waals surface area contributed by atoms with Crippen LogP contribution in [0.1, 0.15) is 27.2 Å². The predicted molar refractivity (Wildman–Crippen MR) is 102 cm³/mol. The van der Waals surface area contributed by atoms with Gasteiger partial charge in [0.2, 0.25) is 5.78 Å². The molecule has 0 N–H and O–H groups in total. The molecule has 2 nitrogen and oxygen atoms in total. The standard InChI is InChI=1S/C23H19NO/c1-16-12-17(2)14-19(13-16)23(25)22-21(18-8-4-3-5-9-18)15-20-10-6-7-11-24(20)22/h3-15H,1-2H3. The fourth-order valence-electron chi connectivity index (χ4n) is 3.44. The van der Waals surface area contributed by atoms with Crippen molar-refractivity contribution in [1.29, 1.82) is 0 Å². The van der Waals surface area contributed by atoms with Gasteiger partial charge in [-0.2, -0.15) is 0 Å². The van der Waals surface area contributed by atoms with E-state index in [1.165, 1.54) is 0 Å². The third-order valence-corrected chi connectivity index (χ3v) is 4.46. The lowest BCUT2D eigenvalue weighted by Crippen LogP contribution is -2.07. The zero-order valence-electron chi connectivity index (χ0n) is 14.4. The Bertz CT molecular complexity index is 1050. The zero-order valence-corrected chi connectivity index (χ0v) is 14.4. The molecule has 0 unspecified atom stereocenters. The summed E-state index contributed by atoms with van der Waals surface area (Å²) in [6.07, 6.45) is 1.96. The first kappa shape index (κ1) is 15.4. The SMILES string of the molecule is Cc1cc(C)cc(C(=O)c2c(-c3ccccc3)cc3ccccn23)c1. The largest absolute Gasteiger partial charge is 0.313 e. The molecule has 0 saturated carbocycles. The molecule has 0 amide bonds. The number of benzene rings is 2. The molecule has 0 aliphatic heterocycles. The van der Waals surface area contributed by atoms with E-state index in [0.717, 1.165) is 33.3 Å². The quantitative estimate of drug-likeness (QED) is 0.459. The van der Waals surface area contributed by atoms with Gasteiger partial charge in [0.1, 0.15) is 5.69 Å². The fourth-order valence-corrected chi connectivity index (χ4v) is 3.44. The summed E-state index contributed by atoms with van der Waals surface area (Å²) in [6, 6.07) is 24.2. The summed E-state index contributed by atoms with van der Waals surface area (Å²) < 4.78 is 1.99. The molecule has 4 rings (SSSR count). The molecule has 0 fully saturated rings. The number of hydrogen-bond donors (Lipinski definition) is 0. The Hall–Kier alpha value is -3.13. The lowest BCUT2D eigenvalue weighted by atomic mass is 9.98. The fraction of sp³-hybridized carbons (Fsp3) is 0.0870. The first-order chi connectivity index (χ1) is 12.1. The van der Waals surface area contributed by atoms with Crippen molar-refractivity contribution in [3.8, 4) is 11.1 Å². The van der Waals surface area contributed by atoms with Crippen molar-refractivity contribution in [3.63, 3.8) is 0 Å². The van der Waals surface area contributed by atoms with E-state index in [2.05, 4.69) is 12.1 Å². The van der Waals surface area contributed by atoms with Gasteiger partial charge in [-0.1, -0.05) is 53.6 Å². The topological polar surface area (TPSA) is 21.5 Å². The molecule has 2 aromatic heterocycles. The first-order valence-corrected chi connectivity index (χ1v) is 8.42. The van der Waals surface area contributed by atoms with E-state index in [9.17, 15) is 4.79 Å². The van der Waals surface area contributed by atoms with E-state index in [0.29, 0.717) is 5.69 Å². The molecule has 2 heteroatoms. The van der Waals surface area contributed by atoms with E-state index < -0.39 is 0 Å². The number of nitrogens with zero attached hydrogens (tertiary/aromatic N) is 1. The Morgan fingerprint density at radius 1 is 0.800 bits per heavy atom. The predicted octanol–water partition coefficient (Wildman–Crippen LogP) is 5.45. The van der Waals surface area contributed by atoms with Crippen LogP contribution < -0.4 is 0 Å². The van der Waals surface area contributed by atoms with Crippen molar-refractivity contribution in [2.75, 3.05) is 0 Å². The van der Waals surface area contributed by atoms with Crippen LogP contribution in [0, 0.1) is 13.8 Å². The van der Waals surface area contributed by atoms with Gasteiger partial charge in [0, 0.05) is 22.8 Å². The van der Waals surface area contributed by atoms with Crippen LogP contribution in [-0.4, -0.2) is 10.2 Å². The maximum Gasteiger partial charge on any atom is 0.210 e. The van der Waals surface area contributed by atoms with E-state index in [1.807, 2.05) is 85.1 Å². The van der Waals surface area contributed by atoms with Crippen molar-refractivity contribution in [2.24, 2.45) is 0 Å². The highest BCUT2D eigenvalue weighted by Crippen LogP contribution is 2.30. The van der Waals surface area contributed by atoms with Gasteiger partial charge in [0.25, 0.3) is 0 Å². The van der Waals surface area contributed by atoms with Gasteiger partial charge in [-0.25, -0.2) is 0 Å². The minimum atomic E-state index is 0.0526. The molecule has 2 heterocycles. The second-order valence-electron chi connectivity index (χ2n) is 6.47. The Kier molecular flexibility index (Phi) is 3.73. The molecule has 122 valence electrons. The van der Waals surface area contributed by atoms with Crippen LogP contribution in [0.2, 0.25) is 0 Å². The molecule has 4 aromatic rings. The van der Waals surface area contributed by atoms with Crippen LogP contribution >= 0.6 is 0 Å². The van der Waals surface area contributed by atoms with E-state index >= 15 is 0 Å². The van der Waals surface area contributed by atoms with Gasteiger partial charge < -0.3 is 4.40 Å². The number of fused-ring (bicyclic) bond motifs is 1. The average Bonchev–Trinajstić information content (AvgIpc) is 3.00. The van der Waals surface area contributed by atoms with Gasteiger partial charge in [0.15, 0.2) is 0 Å². The van der Waals surface area contributed by atoms with Gasteiger partial charge in [-0.05, 0) is 49.7 Å². The summed E-state index contributed by atoms with van der Waals surface area (Å²) in [6.45, 7) is 4.05. The number of hydrogen-bond acceptors (Lipinski definition) is 1. The molecule has 2 aromatic carbocycles. The lowest BCUT2D eigenvalue weighted by molar-refractivity contribution is 0.103. The Balaban J connectivity index is 1.98. The average molecular weight is 325 g/mol. The molecular weight excluding hydrogens is 306 g/mol. The van der Waals surface area contributed by atoms with Gasteiger partial charge in [0.05, 0.1) is 0 Å². The summed E-state index contributed by atoms with van der Waals surface area (Å²) >= 11 is 0. The van der Waals surface area contributed by atoms with Crippen LogP contribution in [0.3, 0.4) is 0 Å². The Morgan fingerprint density at radius 2 is 1.48 bits per heavy atom. The highest BCUT2D eigenvalue weighted by molar-refractivity contribution is 6.13. The van der Waals surface area contributed by atoms with Crippen molar-refractivity contribution < 1.29 is 4.79 Å². The number of carbonyl (C=O) groups excluding carboxylic acids is 1. The molecule has 25 heavy (non-hydrogen) atoms. The van der Waals surface area contributed by atoms with Crippen LogP contribution in [0.25, 0.3) is 16.6 Å². The second kappa shape index (κ2) is 6.06. The third-order valence-electron chi connectivity index (χ3n) is 4.46. The second-order valence-corrected chi connectivity index (χ2v) is 6.47. The number of pyridine rings is 1. The Labute approximate surface area is 147 Å². The Morgan fingerprint density at radius 3 is 2.20 bits per heavy atom. The van der Waals surface area contributed by atoms with Crippen LogP contribution in [0.5, 0.6) is 0 Å². The van der Waals surface area contributed by atoms with Gasteiger partial charge in [-0.3, -0.25) is 4.79 Å². The zero-order chi connectivity index (χ0) is 17.4. The van der Waals surface area contributed by atoms with Crippen LogP contribution in [0.4, 0.5) is 0 Å². The highest BCUT2D eigenvalue weighted by atomic mass is 16.1. The molecule has 0 atom stereocenters. The molecule has 0 aliphatic rings. The summed E-state index contributed by atoms with van der Waals surface area (Å²) in [5.41, 5.74) is 6.70. The minimum absolute atomic E-state index is 0.0526. The monoisotopic (exact) mass is 325 g/mol. The van der Waals surface area contributed by atoms with Crippen molar-refractivity contribution in [2.45, 2.75) is 13.8 Å².